The second-order valence-electron chi connectivity index (χ2n) is 4.47. The predicted molar refractivity (Wildman–Crippen MR) is 82.3 cm³/mol. The summed E-state index contributed by atoms with van der Waals surface area (Å²) in [6.45, 7) is 2.56. The van der Waals surface area contributed by atoms with Gasteiger partial charge < -0.3 is 5.73 Å². The number of thiophene rings is 1. The van der Waals surface area contributed by atoms with Gasteiger partial charge in [-0.25, -0.2) is 13.1 Å². The number of sulfonamides is 1. The molecule has 3 N–H and O–H groups in total. The van der Waals surface area contributed by atoms with E-state index in [-0.39, 0.29) is 0 Å². The van der Waals surface area contributed by atoms with Crippen LogP contribution in [0.15, 0.2) is 41.3 Å². The van der Waals surface area contributed by atoms with Crippen molar-refractivity contribution in [2.75, 3.05) is 6.54 Å². The van der Waals surface area contributed by atoms with Crippen molar-refractivity contribution in [3.63, 3.8) is 0 Å². The Balaban J connectivity index is 2.02. The number of nitrogens with two attached hydrogens (primary N) is 1. The Kier molecular flexibility index (Phi) is 4.93. The van der Waals surface area contributed by atoms with Crippen molar-refractivity contribution in [3.05, 3.63) is 51.7 Å². The third kappa shape index (κ3) is 3.67. The third-order valence-corrected chi connectivity index (χ3v) is 5.75. The highest BCUT2D eigenvalue weighted by Gasteiger charge is 2.18. The number of benzene rings is 1. The average molecular weight is 310 g/mol. The van der Waals surface area contributed by atoms with E-state index in [1.807, 2.05) is 30.3 Å². The molecular weight excluding hydrogens is 292 g/mol. The fourth-order valence-electron chi connectivity index (χ4n) is 1.94. The molecular formula is C14H18N2O2S2. The zero-order valence-corrected chi connectivity index (χ0v) is 12.9. The molecule has 1 aromatic carbocycles. The first kappa shape index (κ1) is 15.2. The predicted octanol–water partition coefficient (Wildman–Crippen LogP) is 2.04. The van der Waals surface area contributed by atoms with E-state index in [1.165, 1.54) is 11.3 Å². The van der Waals surface area contributed by atoms with Crippen LogP contribution in [0.2, 0.25) is 0 Å². The summed E-state index contributed by atoms with van der Waals surface area (Å²) in [5.74, 6) is 0. The lowest BCUT2D eigenvalue weighted by Gasteiger charge is -2.06. The summed E-state index contributed by atoms with van der Waals surface area (Å²) in [5.41, 5.74) is 6.66. The number of aryl methyl sites for hydroxylation is 1. The zero-order valence-electron chi connectivity index (χ0n) is 11.3. The van der Waals surface area contributed by atoms with Crippen LogP contribution in [-0.4, -0.2) is 15.0 Å². The van der Waals surface area contributed by atoms with Gasteiger partial charge in [-0.05, 0) is 25.0 Å². The Labute approximate surface area is 123 Å². The van der Waals surface area contributed by atoms with Gasteiger partial charge in [0.2, 0.25) is 10.0 Å². The Morgan fingerprint density at radius 1 is 1.25 bits per heavy atom. The van der Waals surface area contributed by atoms with Crippen LogP contribution in [-0.2, 0) is 23.0 Å². The van der Waals surface area contributed by atoms with Gasteiger partial charge in [0, 0.05) is 22.8 Å². The average Bonchev–Trinajstić information content (AvgIpc) is 2.82. The number of hydrogen-bond donors (Lipinski definition) is 2. The molecule has 0 atom stereocenters. The van der Waals surface area contributed by atoms with Crippen molar-refractivity contribution >= 4 is 21.4 Å². The van der Waals surface area contributed by atoms with Crippen molar-refractivity contribution in [1.29, 1.82) is 0 Å². The summed E-state index contributed by atoms with van der Waals surface area (Å²) < 4.78 is 27.1. The van der Waals surface area contributed by atoms with Gasteiger partial charge in [-0.3, -0.25) is 0 Å². The van der Waals surface area contributed by atoms with Crippen LogP contribution in [0.25, 0.3) is 0 Å². The first-order chi connectivity index (χ1) is 9.53. The van der Waals surface area contributed by atoms with Crippen LogP contribution in [0.3, 0.4) is 0 Å². The van der Waals surface area contributed by atoms with E-state index in [0.29, 0.717) is 24.4 Å². The van der Waals surface area contributed by atoms with E-state index in [0.717, 1.165) is 15.3 Å². The van der Waals surface area contributed by atoms with Crippen molar-refractivity contribution in [3.8, 4) is 0 Å². The minimum absolute atomic E-state index is 0.344. The van der Waals surface area contributed by atoms with Crippen LogP contribution in [0.4, 0.5) is 0 Å². The smallest absolute Gasteiger partial charge is 0.241 e. The first-order valence-corrected chi connectivity index (χ1v) is 8.66. The normalized spacial score (nSPS) is 11.7. The number of rotatable bonds is 6. The standard InChI is InChI=1S/C14H18N2O2S2/c1-11-14(9-13(10-15)19-11)20(17,18)16-8-7-12-5-3-2-4-6-12/h2-6,9,16H,7-8,10,15H2,1H3. The van der Waals surface area contributed by atoms with Crippen molar-refractivity contribution in [1.82, 2.24) is 4.72 Å². The molecule has 0 unspecified atom stereocenters. The van der Waals surface area contributed by atoms with Gasteiger partial charge in [-0.2, -0.15) is 0 Å². The Morgan fingerprint density at radius 3 is 2.55 bits per heavy atom. The molecule has 1 heterocycles. The fourth-order valence-corrected chi connectivity index (χ4v) is 4.49. The van der Waals surface area contributed by atoms with Crippen molar-refractivity contribution < 1.29 is 8.42 Å². The highest BCUT2D eigenvalue weighted by Crippen LogP contribution is 2.25. The molecule has 0 saturated heterocycles. The molecule has 0 amide bonds. The molecule has 0 aliphatic heterocycles. The Bertz CT molecular complexity index is 664. The summed E-state index contributed by atoms with van der Waals surface area (Å²) in [6.07, 6.45) is 0.674. The van der Waals surface area contributed by atoms with Gasteiger partial charge in [0.25, 0.3) is 0 Å². The molecule has 1 aromatic heterocycles. The number of nitrogens with one attached hydrogen (secondary N) is 1. The molecule has 0 saturated carbocycles. The Hall–Kier alpha value is -1.21. The first-order valence-electron chi connectivity index (χ1n) is 6.36. The molecule has 2 rings (SSSR count). The van der Waals surface area contributed by atoms with E-state index >= 15 is 0 Å². The molecule has 6 heteroatoms. The largest absolute Gasteiger partial charge is 0.326 e. The summed E-state index contributed by atoms with van der Waals surface area (Å²) in [6, 6.07) is 11.5. The molecule has 4 nitrogen and oxygen atoms in total. The fraction of sp³-hybridized carbons (Fsp3) is 0.286. The molecule has 0 aliphatic rings. The second kappa shape index (κ2) is 6.49. The van der Waals surface area contributed by atoms with Gasteiger partial charge in [0.15, 0.2) is 0 Å². The van der Waals surface area contributed by atoms with Gasteiger partial charge in [-0.15, -0.1) is 11.3 Å². The molecule has 0 fully saturated rings. The van der Waals surface area contributed by atoms with Crippen LogP contribution >= 0.6 is 11.3 Å². The van der Waals surface area contributed by atoms with Gasteiger partial charge in [0.05, 0.1) is 4.90 Å². The maximum Gasteiger partial charge on any atom is 0.241 e. The molecule has 0 spiro atoms. The topological polar surface area (TPSA) is 72.2 Å². The molecule has 0 radical (unpaired) electrons. The van der Waals surface area contributed by atoms with Crippen LogP contribution in [0, 0.1) is 6.92 Å². The SMILES string of the molecule is Cc1sc(CN)cc1S(=O)(=O)NCCc1ccccc1. The maximum atomic E-state index is 12.2. The molecule has 20 heavy (non-hydrogen) atoms. The van der Waals surface area contributed by atoms with Crippen molar-refractivity contribution in [2.24, 2.45) is 5.73 Å². The quantitative estimate of drug-likeness (QED) is 0.857. The minimum Gasteiger partial charge on any atom is -0.326 e. The van der Waals surface area contributed by atoms with E-state index in [4.69, 9.17) is 5.73 Å². The van der Waals surface area contributed by atoms with Gasteiger partial charge in [0.1, 0.15) is 0 Å². The summed E-state index contributed by atoms with van der Waals surface area (Å²) in [5, 5.41) is 0. The minimum atomic E-state index is -3.45. The molecule has 0 bridgehead atoms. The third-order valence-electron chi connectivity index (χ3n) is 2.96. The Morgan fingerprint density at radius 2 is 1.95 bits per heavy atom. The molecule has 108 valence electrons. The summed E-state index contributed by atoms with van der Waals surface area (Å²) in [7, 11) is -3.45. The van der Waals surface area contributed by atoms with E-state index in [9.17, 15) is 8.42 Å². The van der Waals surface area contributed by atoms with E-state index < -0.39 is 10.0 Å². The lowest BCUT2D eigenvalue weighted by Crippen LogP contribution is -2.26. The van der Waals surface area contributed by atoms with Crippen LogP contribution in [0.1, 0.15) is 15.3 Å². The maximum absolute atomic E-state index is 12.2. The monoisotopic (exact) mass is 310 g/mol. The van der Waals surface area contributed by atoms with Crippen LogP contribution in [0.5, 0.6) is 0 Å². The zero-order chi connectivity index (χ0) is 14.6. The summed E-state index contributed by atoms with van der Waals surface area (Å²) in [4.78, 5) is 2.00. The number of hydrogen-bond acceptors (Lipinski definition) is 4. The van der Waals surface area contributed by atoms with Crippen LogP contribution < -0.4 is 10.5 Å². The lowest BCUT2D eigenvalue weighted by atomic mass is 10.2. The highest BCUT2D eigenvalue weighted by atomic mass is 32.2. The van der Waals surface area contributed by atoms with E-state index in [2.05, 4.69) is 4.72 Å². The highest BCUT2D eigenvalue weighted by molar-refractivity contribution is 7.89. The second-order valence-corrected chi connectivity index (χ2v) is 7.55. The molecule has 2 aromatic rings. The van der Waals surface area contributed by atoms with Crippen molar-refractivity contribution in [2.45, 2.75) is 24.8 Å². The van der Waals surface area contributed by atoms with Gasteiger partial charge >= 0.3 is 0 Å². The van der Waals surface area contributed by atoms with E-state index in [1.54, 1.807) is 13.0 Å². The molecule has 0 aliphatic carbocycles. The van der Waals surface area contributed by atoms with Gasteiger partial charge in [-0.1, -0.05) is 30.3 Å². The lowest BCUT2D eigenvalue weighted by molar-refractivity contribution is 0.581. The summed E-state index contributed by atoms with van der Waals surface area (Å²) >= 11 is 1.43.